The number of anilines is 1. The number of aromatic nitrogens is 3. The number of hydrogen-bond donors (Lipinski definition) is 3. The molecule has 1 aromatic carbocycles. The van der Waals surface area contributed by atoms with Crippen molar-refractivity contribution in [2.75, 3.05) is 4.72 Å². The van der Waals surface area contributed by atoms with Crippen molar-refractivity contribution in [1.29, 1.82) is 5.26 Å². The molecule has 0 bridgehead atoms. The van der Waals surface area contributed by atoms with Crippen molar-refractivity contribution in [3.05, 3.63) is 41.5 Å². The number of benzene rings is 1. The van der Waals surface area contributed by atoms with Crippen molar-refractivity contribution in [3.63, 3.8) is 0 Å². The highest BCUT2D eigenvalue weighted by atomic mass is 32.2. The maximum absolute atomic E-state index is 12.1. The molecule has 3 aromatic rings. The summed E-state index contributed by atoms with van der Waals surface area (Å²) in [5.41, 5.74) is 3.50. The maximum Gasteiger partial charge on any atom is 0.240 e. The van der Waals surface area contributed by atoms with Gasteiger partial charge in [0.2, 0.25) is 5.91 Å². The summed E-state index contributed by atoms with van der Waals surface area (Å²) >= 11 is 1.40. The van der Waals surface area contributed by atoms with Crippen molar-refractivity contribution in [1.82, 2.24) is 19.9 Å². The van der Waals surface area contributed by atoms with Gasteiger partial charge in [0.1, 0.15) is 23.5 Å². The molecule has 0 radical (unpaired) electrons. The molecule has 0 unspecified atom stereocenters. The third-order valence-electron chi connectivity index (χ3n) is 4.84. The smallest absolute Gasteiger partial charge is 0.240 e. The lowest BCUT2D eigenvalue weighted by Crippen LogP contribution is -2.29. The number of carbonyl (C=O) groups is 1. The van der Waals surface area contributed by atoms with Gasteiger partial charge in [-0.2, -0.15) is 5.26 Å². The Morgan fingerprint density at radius 2 is 2.17 bits per heavy atom. The van der Waals surface area contributed by atoms with E-state index >= 15 is 0 Å². The van der Waals surface area contributed by atoms with E-state index in [2.05, 4.69) is 26.1 Å². The van der Waals surface area contributed by atoms with E-state index in [9.17, 15) is 10.1 Å². The average Bonchev–Trinajstić information content (AvgIpc) is 3.31. The zero-order valence-electron chi connectivity index (χ0n) is 17.9. The monoisotopic (exact) mass is 424 g/mol. The SMILES string of the molecule is CC.CCc1nc(SNc2ccc(C)c3c(C#N)c[nH]c23)cn1CC(=O)NC1CC1. The van der Waals surface area contributed by atoms with Crippen molar-refractivity contribution in [2.24, 2.45) is 0 Å². The number of hydrogen-bond acceptors (Lipinski definition) is 5. The number of H-pyrrole nitrogens is 1. The van der Waals surface area contributed by atoms with Gasteiger partial charge < -0.3 is 19.6 Å². The van der Waals surface area contributed by atoms with Crippen LogP contribution in [-0.2, 0) is 17.8 Å². The quantitative estimate of drug-likeness (QED) is 0.484. The predicted molar refractivity (Wildman–Crippen MR) is 121 cm³/mol. The van der Waals surface area contributed by atoms with Gasteiger partial charge in [0.15, 0.2) is 0 Å². The van der Waals surface area contributed by atoms with E-state index in [1.54, 1.807) is 6.20 Å². The van der Waals surface area contributed by atoms with E-state index in [0.29, 0.717) is 18.2 Å². The first-order chi connectivity index (χ1) is 14.6. The van der Waals surface area contributed by atoms with Crippen LogP contribution in [0.15, 0.2) is 29.6 Å². The van der Waals surface area contributed by atoms with Gasteiger partial charge in [-0.15, -0.1) is 0 Å². The van der Waals surface area contributed by atoms with Crippen LogP contribution in [-0.4, -0.2) is 26.5 Å². The Kier molecular flexibility index (Phi) is 7.06. The Morgan fingerprint density at radius 1 is 1.40 bits per heavy atom. The number of nitrogens with zero attached hydrogens (tertiary/aromatic N) is 3. The summed E-state index contributed by atoms with van der Waals surface area (Å²) in [6.45, 7) is 8.32. The van der Waals surface area contributed by atoms with Crippen molar-refractivity contribution in [2.45, 2.75) is 64.6 Å². The maximum atomic E-state index is 12.1. The number of imidazole rings is 1. The lowest BCUT2D eigenvalue weighted by Gasteiger charge is -2.07. The Bertz CT molecular complexity index is 1070. The molecule has 0 saturated heterocycles. The number of fused-ring (bicyclic) bond motifs is 1. The molecule has 1 aliphatic carbocycles. The highest BCUT2D eigenvalue weighted by molar-refractivity contribution is 8.00. The van der Waals surface area contributed by atoms with Crippen LogP contribution in [0.5, 0.6) is 0 Å². The zero-order chi connectivity index (χ0) is 21.7. The van der Waals surface area contributed by atoms with Crippen LogP contribution in [0, 0.1) is 18.3 Å². The number of nitriles is 1. The van der Waals surface area contributed by atoms with E-state index in [4.69, 9.17) is 0 Å². The Balaban J connectivity index is 0.00000124. The minimum atomic E-state index is 0.0368. The number of amides is 1. The lowest BCUT2D eigenvalue weighted by atomic mass is 10.1. The molecule has 0 aliphatic heterocycles. The largest absolute Gasteiger partial charge is 0.358 e. The molecule has 2 aromatic heterocycles. The zero-order valence-corrected chi connectivity index (χ0v) is 18.7. The molecule has 4 rings (SSSR count). The van der Waals surface area contributed by atoms with Crippen LogP contribution < -0.4 is 10.0 Å². The van der Waals surface area contributed by atoms with E-state index in [0.717, 1.165) is 52.3 Å². The first-order valence-electron chi connectivity index (χ1n) is 10.4. The van der Waals surface area contributed by atoms with Gasteiger partial charge in [-0.3, -0.25) is 4.79 Å². The molecule has 3 N–H and O–H groups in total. The van der Waals surface area contributed by atoms with Crippen LogP contribution >= 0.6 is 11.9 Å². The number of aromatic amines is 1. The third kappa shape index (κ3) is 4.79. The van der Waals surface area contributed by atoms with E-state index in [1.807, 2.05) is 50.6 Å². The number of aryl methyl sites for hydroxylation is 2. The summed E-state index contributed by atoms with van der Waals surface area (Å²) in [5, 5.41) is 14.0. The molecule has 1 saturated carbocycles. The van der Waals surface area contributed by atoms with E-state index in [1.165, 1.54) is 11.9 Å². The minimum absolute atomic E-state index is 0.0368. The Hall–Kier alpha value is -2.92. The Labute approximate surface area is 181 Å². The van der Waals surface area contributed by atoms with Gasteiger partial charge in [0.05, 0.1) is 16.8 Å². The summed E-state index contributed by atoms with van der Waals surface area (Å²) in [5.74, 6) is 0.922. The highest BCUT2D eigenvalue weighted by Gasteiger charge is 2.23. The van der Waals surface area contributed by atoms with Crippen LogP contribution in [0.2, 0.25) is 0 Å². The standard InChI is InChI=1S/C20H22N6OS.C2H6/c1-3-16-24-18(11-26(16)10-17(27)23-14-5-6-14)28-25-15-7-4-12(2)19-13(8-21)9-22-20(15)19;1-2/h4,7,9,11,14,22,25H,3,5-6,10H2,1-2H3,(H,23,27);1-2H3. The number of carbonyl (C=O) groups excluding carboxylic acids is 1. The molecule has 0 atom stereocenters. The van der Waals surface area contributed by atoms with Gasteiger partial charge in [0, 0.05) is 42.2 Å². The first-order valence-corrected chi connectivity index (χ1v) is 11.2. The second kappa shape index (κ2) is 9.72. The van der Waals surface area contributed by atoms with Gasteiger partial charge in [-0.1, -0.05) is 26.8 Å². The predicted octanol–water partition coefficient (Wildman–Crippen LogP) is 4.53. The van der Waals surface area contributed by atoms with Crippen molar-refractivity contribution in [3.8, 4) is 6.07 Å². The van der Waals surface area contributed by atoms with Crippen LogP contribution in [0.25, 0.3) is 10.9 Å². The molecule has 1 aliphatic rings. The van der Waals surface area contributed by atoms with Gasteiger partial charge >= 0.3 is 0 Å². The number of rotatable bonds is 7. The third-order valence-corrected chi connectivity index (χ3v) is 5.57. The molecule has 158 valence electrons. The molecule has 7 nitrogen and oxygen atoms in total. The lowest BCUT2D eigenvalue weighted by molar-refractivity contribution is -0.121. The molecule has 2 heterocycles. The minimum Gasteiger partial charge on any atom is -0.358 e. The molecular weight excluding hydrogens is 396 g/mol. The van der Waals surface area contributed by atoms with Crippen molar-refractivity contribution >= 4 is 34.4 Å². The molecule has 30 heavy (non-hydrogen) atoms. The van der Waals surface area contributed by atoms with Gasteiger partial charge in [0.25, 0.3) is 0 Å². The van der Waals surface area contributed by atoms with Crippen molar-refractivity contribution < 1.29 is 4.79 Å². The summed E-state index contributed by atoms with van der Waals surface area (Å²) in [6, 6.07) is 6.58. The Morgan fingerprint density at radius 3 is 2.83 bits per heavy atom. The van der Waals surface area contributed by atoms with Gasteiger partial charge in [-0.25, -0.2) is 4.98 Å². The molecule has 8 heteroatoms. The molecular formula is C22H28N6OS. The second-order valence-electron chi connectivity index (χ2n) is 7.02. The fourth-order valence-corrected chi connectivity index (χ4v) is 3.97. The molecule has 1 amide bonds. The fourth-order valence-electron chi connectivity index (χ4n) is 3.25. The number of nitrogens with one attached hydrogen (secondary N) is 3. The average molecular weight is 425 g/mol. The van der Waals surface area contributed by atoms with Crippen LogP contribution in [0.3, 0.4) is 0 Å². The highest BCUT2D eigenvalue weighted by Crippen LogP contribution is 2.31. The summed E-state index contributed by atoms with van der Waals surface area (Å²) in [7, 11) is 0. The summed E-state index contributed by atoms with van der Waals surface area (Å²) in [4.78, 5) is 19.9. The van der Waals surface area contributed by atoms with Crippen LogP contribution in [0.4, 0.5) is 5.69 Å². The first kappa shape index (κ1) is 21.8. The van der Waals surface area contributed by atoms with E-state index in [-0.39, 0.29) is 5.91 Å². The normalized spacial score (nSPS) is 12.8. The summed E-state index contributed by atoms with van der Waals surface area (Å²) in [6.07, 6.45) is 6.56. The molecule has 0 spiro atoms. The fraction of sp³-hybridized carbons (Fsp3) is 0.409. The van der Waals surface area contributed by atoms with E-state index < -0.39 is 0 Å². The van der Waals surface area contributed by atoms with Crippen LogP contribution in [0.1, 0.15) is 50.6 Å². The van der Waals surface area contributed by atoms with Gasteiger partial charge in [-0.05, 0) is 31.4 Å². The topological polar surface area (TPSA) is 98.5 Å². The molecule has 1 fully saturated rings. The summed E-state index contributed by atoms with van der Waals surface area (Å²) < 4.78 is 5.24. The second-order valence-corrected chi connectivity index (χ2v) is 7.84.